The quantitative estimate of drug-likeness (QED) is 0.795. The zero-order chi connectivity index (χ0) is 12.2. The predicted octanol–water partition coefficient (Wildman–Crippen LogP) is 1.77. The SMILES string of the molecule is CC1CC(NC(=O)CSC(C)(C)C)CCN1. The molecule has 1 rings (SSSR count). The van der Waals surface area contributed by atoms with E-state index in [0.29, 0.717) is 17.8 Å². The normalized spacial score (nSPS) is 26.5. The third kappa shape index (κ3) is 5.75. The summed E-state index contributed by atoms with van der Waals surface area (Å²) in [6, 6.07) is 0.888. The lowest BCUT2D eigenvalue weighted by atomic mass is 10.0. The smallest absolute Gasteiger partial charge is 0.230 e. The van der Waals surface area contributed by atoms with Crippen molar-refractivity contribution < 1.29 is 4.79 Å². The van der Waals surface area contributed by atoms with Crippen molar-refractivity contribution in [3.8, 4) is 0 Å². The second-order valence-electron chi connectivity index (χ2n) is 5.55. The summed E-state index contributed by atoms with van der Waals surface area (Å²) in [5, 5.41) is 6.51. The summed E-state index contributed by atoms with van der Waals surface area (Å²) >= 11 is 1.70. The largest absolute Gasteiger partial charge is 0.353 e. The summed E-state index contributed by atoms with van der Waals surface area (Å²) in [4.78, 5) is 11.7. The van der Waals surface area contributed by atoms with E-state index >= 15 is 0 Å². The minimum absolute atomic E-state index is 0.165. The molecule has 0 saturated carbocycles. The van der Waals surface area contributed by atoms with Gasteiger partial charge in [0.05, 0.1) is 5.75 Å². The van der Waals surface area contributed by atoms with Gasteiger partial charge in [0.15, 0.2) is 0 Å². The number of amides is 1. The number of hydrogen-bond donors (Lipinski definition) is 2. The Morgan fingerprint density at radius 3 is 2.75 bits per heavy atom. The van der Waals surface area contributed by atoms with E-state index in [2.05, 4.69) is 38.3 Å². The summed E-state index contributed by atoms with van der Waals surface area (Å²) in [6.45, 7) is 9.59. The van der Waals surface area contributed by atoms with E-state index in [1.807, 2.05) is 0 Å². The fraction of sp³-hybridized carbons (Fsp3) is 0.917. The highest BCUT2D eigenvalue weighted by Gasteiger charge is 2.20. The minimum Gasteiger partial charge on any atom is -0.353 e. The van der Waals surface area contributed by atoms with Crippen LogP contribution in [0.15, 0.2) is 0 Å². The summed E-state index contributed by atoms with van der Waals surface area (Å²) < 4.78 is 0.165. The summed E-state index contributed by atoms with van der Waals surface area (Å²) in [6.07, 6.45) is 2.10. The molecule has 0 aromatic carbocycles. The van der Waals surface area contributed by atoms with E-state index in [1.165, 1.54) is 0 Å². The highest BCUT2D eigenvalue weighted by atomic mass is 32.2. The molecular formula is C12H24N2OS. The fourth-order valence-corrected chi connectivity index (χ4v) is 2.46. The standard InChI is InChI=1S/C12H24N2OS/c1-9-7-10(5-6-13-9)14-11(15)8-16-12(2,3)4/h9-10,13H,5-8H2,1-4H3,(H,14,15). The average Bonchev–Trinajstić information content (AvgIpc) is 2.14. The van der Waals surface area contributed by atoms with Gasteiger partial charge in [0.2, 0.25) is 5.91 Å². The van der Waals surface area contributed by atoms with Gasteiger partial charge in [-0.15, -0.1) is 11.8 Å². The van der Waals surface area contributed by atoms with E-state index in [4.69, 9.17) is 0 Å². The fourth-order valence-electron chi connectivity index (χ4n) is 1.81. The van der Waals surface area contributed by atoms with E-state index < -0.39 is 0 Å². The first-order valence-corrected chi connectivity index (χ1v) is 7.02. The Balaban J connectivity index is 2.23. The zero-order valence-electron chi connectivity index (χ0n) is 10.8. The van der Waals surface area contributed by atoms with Crippen LogP contribution in [0, 0.1) is 0 Å². The first-order valence-electron chi connectivity index (χ1n) is 6.03. The number of rotatable bonds is 3. The second-order valence-corrected chi connectivity index (χ2v) is 7.35. The topological polar surface area (TPSA) is 41.1 Å². The van der Waals surface area contributed by atoms with Gasteiger partial charge in [-0.25, -0.2) is 0 Å². The van der Waals surface area contributed by atoms with Crippen molar-refractivity contribution in [2.75, 3.05) is 12.3 Å². The van der Waals surface area contributed by atoms with Crippen LogP contribution < -0.4 is 10.6 Å². The number of piperidine rings is 1. The Labute approximate surface area is 103 Å². The monoisotopic (exact) mass is 244 g/mol. The van der Waals surface area contributed by atoms with Crippen LogP contribution in [0.1, 0.15) is 40.5 Å². The van der Waals surface area contributed by atoms with Gasteiger partial charge >= 0.3 is 0 Å². The van der Waals surface area contributed by atoms with Crippen molar-refractivity contribution in [3.05, 3.63) is 0 Å². The number of nitrogens with one attached hydrogen (secondary N) is 2. The molecule has 1 saturated heterocycles. The van der Waals surface area contributed by atoms with Crippen LogP contribution >= 0.6 is 11.8 Å². The van der Waals surface area contributed by atoms with E-state index in [1.54, 1.807) is 11.8 Å². The molecule has 0 bridgehead atoms. The number of carbonyl (C=O) groups is 1. The minimum atomic E-state index is 0.165. The van der Waals surface area contributed by atoms with Crippen molar-refractivity contribution in [1.29, 1.82) is 0 Å². The molecule has 0 radical (unpaired) electrons. The first kappa shape index (κ1) is 13.8. The molecule has 94 valence electrons. The Bertz CT molecular complexity index is 238. The van der Waals surface area contributed by atoms with E-state index in [0.717, 1.165) is 19.4 Å². The van der Waals surface area contributed by atoms with Crippen LogP contribution in [0.5, 0.6) is 0 Å². The third-order valence-corrected chi connectivity index (χ3v) is 3.90. The molecule has 4 heteroatoms. The molecule has 1 fully saturated rings. The lowest BCUT2D eigenvalue weighted by Gasteiger charge is -2.29. The Kier molecular flexibility index (Phi) is 5.12. The zero-order valence-corrected chi connectivity index (χ0v) is 11.6. The molecule has 2 N–H and O–H groups in total. The third-order valence-electron chi connectivity index (χ3n) is 2.63. The second kappa shape index (κ2) is 5.92. The van der Waals surface area contributed by atoms with Gasteiger partial charge in [-0.05, 0) is 26.3 Å². The molecule has 1 heterocycles. The van der Waals surface area contributed by atoms with Crippen LogP contribution in [0.3, 0.4) is 0 Å². The van der Waals surface area contributed by atoms with Crippen molar-refractivity contribution in [1.82, 2.24) is 10.6 Å². The van der Waals surface area contributed by atoms with Gasteiger partial charge in [-0.1, -0.05) is 20.8 Å². The van der Waals surface area contributed by atoms with Crippen LogP contribution in [0.25, 0.3) is 0 Å². The average molecular weight is 244 g/mol. The molecule has 0 spiro atoms. The van der Waals surface area contributed by atoms with Crippen LogP contribution in [-0.2, 0) is 4.79 Å². The van der Waals surface area contributed by atoms with Crippen molar-refractivity contribution in [3.63, 3.8) is 0 Å². The Morgan fingerprint density at radius 1 is 1.50 bits per heavy atom. The van der Waals surface area contributed by atoms with Crippen LogP contribution in [0.2, 0.25) is 0 Å². The van der Waals surface area contributed by atoms with Crippen LogP contribution in [0.4, 0.5) is 0 Å². The van der Waals surface area contributed by atoms with Gasteiger partial charge in [0.1, 0.15) is 0 Å². The predicted molar refractivity (Wildman–Crippen MR) is 70.8 cm³/mol. The summed E-state index contributed by atoms with van der Waals surface area (Å²) in [5.41, 5.74) is 0. The molecule has 2 atom stereocenters. The maximum atomic E-state index is 11.7. The van der Waals surface area contributed by atoms with Crippen LogP contribution in [-0.4, -0.2) is 35.0 Å². The molecule has 2 unspecified atom stereocenters. The van der Waals surface area contributed by atoms with E-state index in [9.17, 15) is 4.79 Å². The molecule has 1 aliphatic heterocycles. The lowest BCUT2D eigenvalue weighted by Crippen LogP contribution is -2.47. The Morgan fingerprint density at radius 2 is 2.19 bits per heavy atom. The van der Waals surface area contributed by atoms with Crippen molar-refractivity contribution in [2.24, 2.45) is 0 Å². The Hall–Kier alpha value is -0.220. The van der Waals surface area contributed by atoms with Gasteiger partial charge in [0.25, 0.3) is 0 Å². The van der Waals surface area contributed by atoms with Crippen molar-refractivity contribution in [2.45, 2.75) is 57.4 Å². The summed E-state index contributed by atoms with van der Waals surface area (Å²) in [7, 11) is 0. The van der Waals surface area contributed by atoms with Gasteiger partial charge in [0, 0.05) is 16.8 Å². The lowest BCUT2D eigenvalue weighted by molar-refractivity contribution is -0.119. The molecule has 16 heavy (non-hydrogen) atoms. The number of carbonyl (C=O) groups excluding carboxylic acids is 1. The molecule has 0 aromatic rings. The molecule has 0 aromatic heterocycles. The van der Waals surface area contributed by atoms with Gasteiger partial charge < -0.3 is 10.6 Å². The van der Waals surface area contributed by atoms with Gasteiger partial charge in [-0.3, -0.25) is 4.79 Å². The van der Waals surface area contributed by atoms with Gasteiger partial charge in [-0.2, -0.15) is 0 Å². The molecular weight excluding hydrogens is 220 g/mol. The summed E-state index contributed by atoms with van der Waals surface area (Å²) in [5.74, 6) is 0.751. The van der Waals surface area contributed by atoms with E-state index in [-0.39, 0.29) is 10.7 Å². The van der Waals surface area contributed by atoms with Crippen molar-refractivity contribution >= 4 is 17.7 Å². The maximum Gasteiger partial charge on any atom is 0.230 e. The molecule has 1 amide bonds. The highest BCUT2D eigenvalue weighted by molar-refractivity contribution is 8.01. The first-order chi connectivity index (χ1) is 7.37. The molecule has 1 aliphatic rings. The molecule has 0 aliphatic carbocycles. The maximum absolute atomic E-state index is 11.7. The highest BCUT2D eigenvalue weighted by Crippen LogP contribution is 2.22. The molecule has 3 nitrogen and oxygen atoms in total. The number of hydrogen-bond acceptors (Lipinski definition) is 3. The number of thioether (sulfide) groups is 1.